The highest BCUT2D eigenvalue weighted by Gasteiger charge is 2.47. The summed E-state index contributed by atoms with van der Waals surface area (Å²) in [6.45, 7) is 2.19. The highest BCUT2D eigenvalue weighted by Crippen LogP contribution is 2.29. The molecule has 54 heavy (non-hydrogen) atoms. The van der Waals surface area contributed by atoms with Crippen molar-refractivity contribution in [1.29, 1.82) is 0 Å². The van der Waals surface area contributed by atoms with Crippen molar-refractivity contribution in [2.75, 3.05) is 19.8 Å². The number of amides is 1. The maximum Gasteiger partial charge on any atom is 0.410 e. The van der Waals surface area contributed by atoms with Gasteiger partial charge in [0.1, 0.15) is 31.0 Å². The number of carbonyl (C=O) groups is 1. The van der Waals surface area contributed by atoms with E-state index in [-0.39, 0.29) is 33.0 Å². The number of rotatable bonds is 19. The number of benzene rings is 5. The van der Waals surface area contributed by atoms with Crippen LogP contribution < -0.4 is 0 Å². The topological polar surface area (TPSA) is 95.9 Å². The zero-order valence-corrected chi connectivity index (χ0v) is 30.4. The molecule has 1 heterocycles. The number of nitrogens with zero attached hydrogens (tertiary/aromatic N) is 1. The SMILES string of the molecule is O=C(OCc1ccccc1)N(CCCO[C@@H]1O[C@H](COCc2ccccc2)[C@@H](O)[C@H](OCc2ccccc2)[C@H]1OCc1ccccc1)Cc1ccccc1. The van der Waals surface area contributed by atoms with Crippen molar-refractivity contribution in [2.24, 2.45) is 0 Å². The Kier molecular flexibility index (Phi) is 15.2. The molecule has 1 saturated heterocycles. The van der Waals surface area contributed by atoms with Crippen molar-refractivity contribution in [3.63, 3.8) is 0 Å². The molecule has 0 spiro atoms. The lowest BCUT2D eigenvalue weighted by Gasteiger charge is -2.44. The molecule has 9 heteroatoms. The molecular weight excluding hydrogens is 682 g/mol. The molecule has 282 valence electrons. The lowest BCUT2D eigenvalue weighted by atomic mass is 9.98. The van der Waals surface area contributed by atoms with Gasteiger partial charge < -0.3 is 38.4 Å². The molecule has 0 aromatic heterocycles. The minimum atomic E-state index is -1.06. The van der Waals surface area contributed by atoms with Gasteiger partial charge in [-0.1, -0.05) is 152 Å². The Hall–Kier alpha value is -4.87. The molecule has 5 aromatic carbocycles. The van der Waals surface area contributed by atoms with Crippen LogP contribution >= 0.6 is 0 Å². The molecule has 9 nitrogen and oxygen atoms in total. The fraction of sp³-hybridized carbons (Fsp3) is 0.311. The molecule has 0 unspecified atom stereocenters. The van der Waals surface area contributed by atoms with Crippen molar-refractivity contribution in [3.8, 4) is 0 Å². The summed E-state index contributed by atoms with van der Waals surface area (Å²) >= 11 is 0. The molecule has 5 atom stereocenters. The van der Waals surface area contributed by atoms with E-state index in [0.717, 1.165) is 27.8 Å². The standard InChI is InChI=1S/C45H49NO8/c47-41-40(34-49-30-36-19-8-2-9-20-36)54-44(43(52-32-38-23-12-4-13-24-38)42(41)51-31-37-21-10-3-11-22-37)50-28-16-27-46(29-35-17-6-1-7-18-35)45(48)53-33-39-25-14-5-15-26-39/h1-15,17-26,40-44,47H,16,27-34H2/t40-,41-,42+,43-,44-/m1/s1. The lowest BCUT2D eigenvalue weighted by molar-refractivity contribution is -0.321. The number of hydrogen-bond donors (Lipinski definition) is 1. The first-order chi connectivity index (χ1) is 26.6. The minimum absolute atomic E-state index is 0.116. The molecule has 1 N–H and O–H groups in total. The number of hydrogen-bond acceptors (Lipinski definition) is 8. The first-order valence-electron chi connectivity index (χ1n) is 18.5. The van der Waals surface area contributed by atoms with Crippen LogP contribution in [0, 0.1) is 0 Å². The summed E-state index contributed by atoms with van der Waals surface area (Å²) in [5.41, 5.74) is 4.85. The van der Waals surface area contributed by atoms with E-state index < -0.39 is 36.8 Å². The second-order valence-corrected chi connectivity index (χ2v) is 13.2. The first-order valence-corrected chi connectivity index (χ1v) is 18.5. The van der Waals surface area contributed by atoms with Gasteiger partial charge in [-0.2, -0.15) is 0 Å². The first kappa shape index (κ1) is 38.8. The van der Waals surface area contributed by atoms with Crippen molar-refractivity contribution < 1.29 is 38.3 Å². The summed E-state index contributed by atoms with van der Waals surface area (Å²) in [5.74, 6) is 0. The van der Waals surface area contributed by atoms with E-state index in [1.165, 1.54) is 0 Å². The zero-order valence-electron chi connectivity index (χ0n) is 30.4. The second-order valence-electron chi connectivity index (χ2n) is 13.2. The van der Waals surface area contributed by atoms with Gasteiger partial charge in [0.05, 0.1) is 33.0 Å². The van der Waals surface area contributed by atoms with Gasteiger partial charge in [-0.25, -0.2) is 4.79 Å². The number of aliphatic hydroxyl groups is 1. The van der Waals surface area contributed by atoms with E-state index in [1.807, 2.05) is 152 Å². The molecule has 1 fully saturated rings. The lowest BCUT2D eigenvalue weighted by Crippen LogP contribution is -2.61. The van der Waals surface area contributed by atoms with E-state index >= 15 is 0 Å². The maximum atomic E-state index is 13.4. The molecule has 1 aliphatic heterocycles. The predicted octanol–water partition coefficient (Wildman–Crippen LogP) is 7.71. The molecule has 0 radical (unpaired) electrons. The van der Waals surface area contributed by atoms with Crippen LogP contribution in [0.4, 0.5) is 4.79 Å². The third kappa shape index (κ3) is 12.1. The van der Waals surface area contributed by atoms with Crippen molar-refractivity contribution in [1.82, 2.24) is 4.90 Å². The van der Waals surface area contributed by atoms with Crippen LogP contribution in [0.15, 0.2) is 152 Å². The molecule has 0 saturated carbocycles. The summed E-state index contributed by atoms with van der Waals surface area (Å²) in [6.07, 6.45) is -4.19. The summed E-state index contributed by atoms with van der Waals surface area (Å²) in [5, 5.41) is 11.7. The van der Waals surface area contributed by atoms with E-state index in [1.54, 1.807) is 4.90 Å². The van der Waals surface area contributed by atoms with Crippen LogP contribution in [0.25, 0.3) is 0 Å². The Bertz CT molecular complexity index is 1770. The molecule has 0 aliphatic carbocycles. The van der Waals surface area contributed by atoms with Gasteiger partial charge in [0, 0.05) is 13.1 Å². The molecular formula is C45H49NO8. The van der Waals surface area contributed by atoms with E-state index in [9.17, 15) is 9.90 Å². The molecule has 0 bridgehead atoms. The fourth-order valence-corrected chi connectivity index (χ4v) is 6.23. The summed E-state index contributed by atoms with van der Waals surface area (Å²) < 4.78 is 37.6. The van der Waals surface area contributed by atoms with Crippen molar-refractivity contribution >= 4 is 6.09 Å². The number of aliphatic hydroxyl groups excluding tert-OH is 1. The van der Waals surface area contributed by atoms with E-state index in [0.29, 0.717) is 26.1 Å². The fourth-order valence-electron chi connectivity index (χ4n) is 6.23. The van der Waals surface area contributed by atoms with Gasteiger partial charge in [-0.3, -0.25) is 0 Å². The van der Waals surface area contributed by atoms with Crippen molar-refractivity contribution in [3.05, 3.63) is 179 Å². The van der Waals surface area contributed by atoms with Gasteiger partial charge in [-0.15, -0.1) is 0 Å². The smallest absolute Gasteiger partial charge is 0.410 e. The van der Waals surface area contributed by atoms with Gasteiger partial charge in [0.15, 0.2) is 6.29 Å². The summed E-state index contributed by atoms with van der Waals surface area (Å²) in [6, 6.07) is 48.9. The average Bonchev–Trinajstić information content (AvgIpc) is 3.22. The number of carbonyl (C=O) groups excluding carboxylic acids is 1. The minimum Gasteiger partial charge on any atom is -0.445 e. The number of ether oxygens (including phenoxy) is 6. The Morgan fingerprint density at radius 2 is 1.04 bits per heavy atom. The predicted molar refractivity (Wildman–Crippen MR) is 205 cm³/mol. The van der Waals surface area contributed by atoms with Gasteiger partial charge in [-0.05, 0) is 34.2 Å². The summed E-state index contributed by atoms with van der Waals surface area (Å²) in [4.78, 5) is 15.0. The van der Waals surface area contributed by atoms with E-state index in [2.05, 4.69) is 0 Å². The van der Waals surface area contributed by atoms with E-state index in [4.69, 9.17) is 28.4 Å². The van der Waals surface area contributed by atoms with Crippen LogP contribution in [0.5, 0.6) is 0 Å². The quantitative estimate of drug-likeness (QED) is 0.0864. The Labute approximate surface area is 318 Å². The van der Waals surface area contributed by atoms with Gasteiger partial charge in [0.25, 0.3) is 0 Å². The monoisotopic (exact) mass is 731 g/mol. The van der Waals surface area contributed by atoms with Crippen LogP contribution in [-0.4, -0.2) is 66.6 Å². The van der Waals surface area contributed by atoms with Crippen LogP contribution in [0.2, 0.25) is 0 Å². The third-order valence-electron chi connectivity index (χ3n) is 9.12. The Balaban J connectivity index is 1.15. The molecule has 5 aromatic rings. The maximum absolute atomic E-state index is 13.4. The third-order valence-corrected chi connectivity index (χ3v) is 9.12. The molecule has 1 amide bonds. The van der Waals surface area contributed by atoms with Crippen LogP contribution in [0.3, 0.4) is 0 Å². The van der Waals surface area contributed by atoms with Crippen LogP contribution in [0.1, 0.15) is 34.2 Å². The highest BCUT2D eigenvalue weighted by molar-refractivity contribution is 5.67. The van der Waals surface area contributed by atoms with Gasteiger partial charge in [0.2, 0.25) is 0 Å². The molecule has 6 rings (SSSR count). The zero-order chi connectivity index (χ0) is 37.2. The molecule has 1 aliphatic rings. The van der Waals surface area contributed by atoms with Crippen LogP contribution in [-0.2, 0) is 61.4 Å². The Morgan fingerprint density at radius 1 is 0.574 bits per heavy atom. The van der Waals surface area contributed by atoms with Gasteiger partial charge >= 0.3 is 6.09 Å². The highest BCUT2D eigenvalue weighted by atomic mass is 16.7. The summed E-state index contributed by atoms with van der Waals surface area (Å²) in [7, 11) is 0. The average molecular weight is 732 g/mol. The largest absolute Gasteiger partial charge is 0.445 e. The Morgan fingerprint density at radius 3 is 1.57 bits per heavy atom. The second kappa shape index (κ2) is 21.1. The van der Waals surface area contributed by atoms with Crippen molar-refractivity contribution in [2.45, 2.75) is 70.1 Å². The normalized spacial score (nSPS) is 19.6.